The van der Waals surface area contributed by atoms with Crippen LogP contribution in [0, 0.1) is 5.82 Å². The lowest BCUT2D eigenvalue weighted by molar-refractivity contribution is -0.136. The molecule has 178 valence electrons. The van der Waals surface area contributed by atoms with Crippen molar-refractivity contribution in [1.29, 1.82) is 0 Å². The zero-order valence-corrected chi connectivity index (χ0v) is 19.0. The molecule has 1 aromatic heterocycles. The number of nitrogens with one attached hydrogen (secondary N) is 2. The molecule has 9 heteroatoms. The van der Waals surface area contributed by atoms with Crippen molar-refractivity contribution in [3.63, 3.8) is 0 Å². The number of carboxylic acids is 1. The fraction of sp³-hybridized carbons (Fsp3) is 0.115. The number of hydrogen-bond donors (Lipinski definition) is 4. The monoisotopic (exact) mass is 473 g/mol. The molecule has 1 amide bonds. The Hall–Kier alpha value is -4.50. The number of para-hydroxylation sites is 1. The molecule has 0 aliphatic heterocycles. The van der Waals surface area contributed by atoms with E-state index in [0.29, 0.717) is 45.0 Å². The topological polar surface area (TPSA) is 122 Å². The number of aromatic nitrogens is 2. The number of hydrogen-bond acceptors (Lipinski definition) is 5. The fourth-order valence-corrected chi connectivity index (χ4v) is 3.72. The van der Waals surface area contributed by atoms with Gasteiger partial charge in [-0.2, -0.15) is 5.10 Å². The van der Waals surface area contributed by atoms with Crippen molar-refractivity contribution in [3.8, 4) is 11.1 Å². The number of amides is 1. The van der Waals surface area contributed by atoms with Gasteiger partial charge in [-0.1, -0.05) is 18.2 Å². The highest BCUT2D eigenvalue weighted by Crippen LogP contribution is 2.29. The summed E-state index contributed by atoms with van der Waals surface area (Å²) in [4.78, 5) is 24.4. The molecule has 0 radical (unpaired) electrons. The molecule has 0 fully saturated rings. The van der Waals surface area contributed by atoms with Crippen LogP contribution in [0.4, 0.5) is 21.6 Å². The second kappa shape index (κ2) is 10.2. The molecule has 8 nitrogen and oxygen atoms in total. The van der Waals surface area contributed by atoms with E-state index in [1.165, 1.54) is 12.1 Å². The highest BCUT2D eigenvalue weighted by molar-refractivity contribution is 6.06. The van der Waals surface area contributed by atoms with Crippen LogP contribution in [0.15, 0.2) is 72.9 Å². The molecule has 0 atom stereocenters. The summed E-state index contributed by atoms with van der Waals surface area (Å²) in [5.74, 6) is -1.30. The summed E-state index contributed by atoms with van der Waals surface area (Å²) in [5, 5.41) is 19.4. The van der Waals surface area contributed by atoms with Crippen molar-refractivity contribution in [2.75, 3.05) is 10.6 Å². The van der Waals surface area contributed by atoms with E-state index in [1.807, 2.05) is 0 Å². The predicted octanol–water partition coefficient (Wildman–Crippen LogP) is 4.31. The Morgan fingerprint density at radius 1 is 1.06 bits per heavy atom. The minimum absolute atomic E-state index is 0.171. The van der Waals surface area contributed by atoms with E-state index in [4.69, 9.17) is 5.73 Å². The zero-order valence-electron chi connectivity index (χ0n) is 19.0. The third-order valence-electron chi connectivity index (χ3n) is 5.32. The van der Waals surface area contributed by atoms with Gasteiger partial charge in [0, 0.05) is 42.8 Å². The van der Waals surface area contributed by atoms with Gasteiger partial charge in [-0.3, -0.25) is 14.3 Å². The molecule has 0 saturated carbocycles. The summed E-state index contributed by atoms with van der Waals surface area (Å²) in [6, 6.07) is 18.1. The largest absolute Gasteiger partial charge is 0.481 e. The first-order valence-electron chi connectivity index (χ1n) is 10.8. The fourth-order valence-electron chi connectivity index (χ4n) is 3.72. The smallest absolute Gasteiger partial charge is 0.307 e. The highest BCUT2D eigenvalue weighted by atomic mass is 19.1. The summed E-state index contributed by atoms with van der Waals surface area (Å²) < 4.78 is 15.9. The van der Waals surface area contributed by atoms with Crippen molar-refractivity contribution in [2.45, 2.75) is 13.0 Å². The Morgan fingerprint density at radius 3 is 2.54 bits per heavy atom. The average Bonchev–Trinajstić information content (AvgIpc) is 3.23. The van der Waals surface area contributed by atoms with Crippen LogP contribution < -0.4 is 16.4 Å². The lowest BCUT2D eigenvalue weighted by Gasteiger charge is -2.14. The van der Waals surface area contributed by atoms with Gasteiger partial charge >= 0.3 is 5.97 Å². The van der Waals surface area contributed by atoms with Gasteiger partial charge in [0.1, 0.15) is 5.82 Å². The molecule has 35 heavy (non-hydrogen) atoms. The van der Waals surface area contributed by atoms with Crippen molar-refractivity contribution >= 4 is 29.1 Å². The van der Waals surface area contributed by atoms with Crippen LogP contribution in [0.2, 0.25) is 0 Å². The van der Waals surface area contributed by atoms with Gasteiger partial charge in [-0.05, 0) is 64.7 Å². The van der Waals surface area contributed by atoms with Crippen LogP contribution in [0.3, 0.4) is 0 Å². The van der Waals surface area contributed by atoms with Crippen LogP contribution in [-0.4, -0.2) is 26.8 Å². The molecule has 0 bridgehead atoms. The van der Waals surface area contributed by atoms with Gasteiger partial charge in [0.15, 0.2) is 5.82 Å². The Morgan fingerprint density at radius 2 is 1.83 bits per heavy atom. The third kappa shape index (κ3) is 5.90. The number of aliphatic carboxylic acids is 1. The number of aryl methyl sites for hydroxylation is 1. The highest BCUT2D eigenvalue weighted by Gasteiger charge is 2.15. The molecule has 3 aromatic carbocycles. The molecule has 4 rings (SSSR count). The maximum Gasteiger partial charge on any atom is 0.307 e. The van der Waals surface area contributed by atoms with Crippen molar-refractivity contribution < 1.29 is 19.1 Å². The third-order valence-corrected chi connectivity index (χ3v) is 5.32. The first-order chi connectivity index (χ1) is 16.8. The lowest BCUT2D eigenvalue weighted by Crippen LogP contribution is -2.15. The molecule has 5 N–H and O–H groups in total. The number of benzene rings is 3. The molecule has 0 spiro atoms. The second-order valence-corrected chi connectivity index (χ2v) is 8.03. The van der Waals surface area contributed by atoms with Crippen LogP contribution in [0.25, 0.3) is 11.1 Å². The second-order valence-electron chi connectivity index (χ2n) is 8.03. The van der Waals surface area contributed by atoms with E-state index in [-0.39, 0.29) is 13.0 Å². The Bertz CT molecular complexity index is 1400. The number of carbonyl (C=O) groups excluding carboxylic acids is 1. The number of rotatable bonds is 8. The number of halogens is 1. The summed E-state index contributed by atoms with van der Waals surface area (Å²) in [7, 11) is 1.79. The van der Waals surface area contributed by atoms with Crippen molar-refractivity contribution in [1.82, 2.24) is 9.78 Å². The Labute approximate surface area is 201 Å². The summed E-state index contributed by atoms with van der Waals surface area (Å²) in [6.45, 7) is 0.171. The summed E-state index contributed by atoms with van der Waals surface area (Å²) in [6.07, 6.45) is 1.55. The molecule has 0 aliphatic carbocycles. The van der Waals surface area contributed by atoms with E-state index in [2.05, 4.69) is 15.7 Å². The normalized spacial score (nSPS) is 10.7. The molecule has 0 aliphatic rings. The first-order valence-corrected chi connectivity index (χ1v) is 10.8. The van der Waals surface area contributed by atoms with Gasteiger partial charge in [0.25, 0.3) is 5.91 Å². The molecule has 1 heterocycles. The predicted molar refractivity (Wildman–Crippen MR) is 132 cm³/mol. The number of carboxylic acid groups (broad SMARTS) is 1. The maximum atomic E-state index is 14.2. The quantitative estimate of drug-likeness (QED) is 0.303. The van der Waals surface area contributed by atoms with E-state index in [9.17, 15) is 19.1 Å². The molecular formula is C26H24FN5O3. The molecule has 4 aromatic rings. The van der Waals surface area contributed by atoms with E-state index < -0.39 is 17.7 Å². The summed E-state index contributed by atoms with van der Waals surface area (Å²) in [5.41, 5.74) is 9.26. The average molecular weight is 474 g/mol. The maximum absolute atomic E-state index is 14.2. The standard InChI is InChI=1S/C26H24FN5O3/c1-32-7-6-24(31-32)29-22-12-19(18-8-16(15-28)9-21(27)11-18)10-20(13-22)26(35)30-23-5-3-2-4-17(23)14-25(33)34/h2-13H,14-15,28H2,1H3,(H,29,31)(H,30,35)(H,33,34). The first kappa shape index (κ1) is 23.7. The van der Waals surface area contributed by atoms with Crippen molar-refractivity contribution in [2.24, 2.45) is 12.8 Å². The van der Waals surface area contributed by atoms with Gasteiger partial charge in [0.2, 0.25) is 0 Å². The van der Waals surface area contributed by atoms with Gasteiger partial charge < -0.3 is 21.5 Å². The van der Waals surface area contributed by atoms with Gasteiger partial charge in [-0.15, -0.1) is 0 Å². The zero-order chi connectivity index (χ0) is 24.9. The number of nitrogens with zero attached hydrogens (tertiary/aromatic N) is 2. The number of carbonyl (C=O) groups is 2. The number of anilines is 3. The Kier molecular flexibility index (Phi) is 6.88. The minimum Gasteiger partial charge on any atom is -0.481 e. The van der Waals surface area contributed by atoms with Crippen LogP contribution in [-0.2, 0) is 24.8 Å². The van der Waals surface area contributed by atoms with E-state index in [0.717, 1.165) is 0 Å². The SMILES string of the molecule is Cn1ccc(Nc2cc(C(=O)Nc3ccccc3CC(=O)O)cc(-c3cc(F)cc(CN)c3)c2)n1. The lowest BCUT2D eigenvalue weighted by atomic mass is 9.99. The van der Waals surface area contributed by atoms with Gasteiger partial charge in [-0.25, -0.2) is 4.39 Å². The van der Waals surface area contributed by atoms with E-state index in [1.54, 1.807) is 72.5 Å². The van der Waals surface area contributed by atoms with Crippen LogP contribution in [0.1, 0.15) is 21.5 Å². The Balaban J connectivity index is 1.74. The molecular weight excluding hydrogens is 449 g/mol. The number of nitrogens with two attached hydrogens (primary N) is 1. The molecule has 0 unspecified atom stereocenters. The van der Waals surface area contributed by atoms with Crippen LogP contribution in [0.5, 0.6) is 0 Å². The summed E-state index contributed by atoms with van der Waals surface area (Å²) >= 11 is 0. The van der Waals surface area contributed by atoms with Gasteiger partial charge in [0.05, 0.1) is 6.42 Å². The van der Waals surface area contributed by atoms with Crippen LogP contribution >= 0.6 is 0 Å². The molecule has 0 saturated heterocycles. The van der Waals surface area contributed by atoms with E-state index >= 15 is 0 Å². The van der Waals surface area contributed by atoms with Crippen molar-refractivity contribution in [3.05, 3.63) is 95.4 Å². The minimum atomic E-state index is -1.00.